The molecule has 1 unspecified atom stereocenters. The summed E-state index contributed by atoms with van der Waals surface area (Å²) in [5, 5.41) is 9.27. The van der Waals surface area contributed by atoms with Crippen molar-refractivity contribution in [3.05, 3.63) is 29.8 Å². The van der Waals surface area contributed by atoms with Gasteiger partial charge in [0, 0.05) is 5.88 Å². The second-order valence-electron chi connectivity index (χ2n) is 4.76. The average Bonchev–Trinajstić information content (AvgIpc) is 2.39. The smallest absolute Gasteiger partial charge is 0.241 e. The van der Waals surface area contributed by atoms with Crippen LogP contribution in [-0.4, -0.2) is 31.6 Å². The van der Waals surface area contributed by atoms with Crippen molar-refractivity contribution < 1.29 is 13.5 Å². The molecule has 0 aliphatic carbocycles. The monoisotopic (exact) mass is 305 g/mol. The number of hydrogen-bond acceptors (Lipinski definition) is 3. The number of halogens is 1. The Hall–Kier alpha value is -0.620. The number of aryl methyl sites for hydroxylation is 1. The van der Waals surface area contributed by atoms with E-state index in [9.17, 15) is 13.5 Å². The number of aliphatic hydroxyl groups is 1. The minimum Gasteiger partial charge on any atom is -0.394 e. The van der Waals surface area contributed by atoms with Crippen molar-refractivity contribution in [1.29, 1.82) is 0 Å². The lowest BCUT2D eigenvalue weighted by molar-refractivity contribution is 0.191. The van der Waals surface area contributed by atoms with Crippen LogP contribution in [0.1, 0.15) is 25.8 Å². The first kappa shape index (κ1) is 16.4. The van der Waals surface area contributed by atoms with Crippen molar-refractivity contribution in [3.63, 3.8) is 0 Å². The number of nitrogens with one attached hydrogen (secondary N) is 1. The van der Waals surface area contributed by atoms with Gasteiger partial charge in [0.05, 0.1) is 17.0 Å². The molecular weight excluding hydrogens is 286 g/mol. The van der Waals surface area contributed by atoms with Crippen LogP contribution in [0.2, 0.25) is 0 Å². The molecule has 0 aliphatic heterocycles. The van der Waals surface area contributed by atoms with Crippen LogP contribution >= 0.6 is 11.6 Å². The van der Waals surface area contributed by atoms with Crippen LogP contribution < -0.4 is 4.72 Å². The molecule has 0 aliphatic rings. The highest BCUT2D eigenvalue weighted by Gasteiger charge is 2.28. The lowest BCUT2D eigenvalue weighted by Crippen LogP contribution is -2.48. The van der Waals surface area contributed by atoms with Crippen molar-refractivity contribution in [2.24, 2.45) is 0 Å². The van der Waals surface area contributed by atoms with Gasteiger partial charge in [0.25, 0.3) is 0 Å². The Kier molecular flexibility index (Phi) is 5.80. The molecule has 2 N–H and O–H groups in total. The Labute approximate surface area is 119 Å². The minimum atomic E-state index is -3.62. The number of sulfonamides is 1. The number of alkyl halides is 1. The van der Waals surface area contributed by atoms with Crippen molar-refractivity contribution in [1.82, 2.24) is 4.72 Å². The fourth-order valence-corrected chi connectivity index (χ4v) is 3.23. The average molecular weight is 306 g/mol. The molecule has 4 nitrogen and oxygen atoms in total. The molecule has 19 heavy (non-hydrogen) atoms. The van der Waals surface area contributed by atoms with Crippen LogP contribution in [0.5, 0.6) is 0 Å². The Morgan fingerprint density at radius 3 is 2.32 bits per heavy atom. The second kappa shape index (κ2) is 6.70. The molecule has 1 rings (SSSR count). The van der Waals surface area contributed by atoms with Gasteiger partial charge in [-0.05, 0) is 37.5 Å². The molecule has 0 saturated carbocycles. The lowest BCUT2D eigenvalue weighted by Gasteiger charge is -2.26. The van der Waals surface area contributed by atoms with Gasteiger partial charge in [0.1, 0.15) is 0 Å². The van der Waals surface area contributed by atoms with Gasteiger partial charge in [-0.1, -0.05) is 19.1 Å². The predicted octanol–water partition coefficient (Wildman–Crippen LogP) is 1.91. The van der Waals surface area contributed by atoms with Gasteiger partial charge in [0.2, 0.25) is 10.0 Å². The highest BCUT2D eigenvalue weighted by atomic mass is 35.5. The Bertz CT molecular complexity index is 495. The Balaban J connectivity index is 2.94. The van der Waals surface area contributed by atoms with Crippen molar-refractivity contribution in [2.45, 2.75) is 37.1 Å². The quantitative estimate of drug-likeness (QED) is 0.756. The zero-order chi connectivity index (χ0) is 14.5. The maximum absolute atomic E-state index is 12.2. The van der Waals surface area contributed by atoms with E-state index in [-0.39, 0.29) is 11.5 Å². The van der Waals surface area contributed by atoms with Crippen LogP contribution in [0, 0.1) is 0 Å². The Morgan fingerprint density at radius 1 is 1.32 bits per heavy atom. The van der Waals surface area contributed by atoms with Crippen molar-refractivity contribution >= 4 is 21.6 Å². The molecule has 6 heteroatoms. The summed E-state index contributed by atoms with van der Waals surface area (Å²) in [6.45, 7) is 3.25. The molecule has 0 fully saturated rings. The van der Waals surface area contributed by atoms with Crippen LogP contribution in [0.4, 0.5) is 0 Å². The lowest BCUT2D eigenvalue weighted by atomic mass is 10.0. The van der Waals surface area contributed by atoms with E-state index in [1.807, 2.05) is 6.92 Å². The van der Waals surface area contributed by atoms with E-state index in [2.05, 4.69) is 4.72 Å². The summed E-state index contributed by atoms with van der Waals surface area (Å²) >= 11 is 5.63. The summed E-state index contributed by atoms with van der Waals surface area (Å²) in [5.41, 5.74) is 0.155. The molecule has 1 aromatic rings. The maximum atomic E-state index is 12.2. The summed E-state index contributed by atoms with van der Waals surface area (Å²) in [7, 11) is -3.62. The van der Waals surface area contributed by atoms with Gasteiger partial charge in [-0.3, -0.25) is 0 Å². The number of benzene rings is 1. The highest BCUT2D eigenvalue weighted by molar-refractivity contribution is 7.89. The summed E-state index contributed by atoms with van der Waals surface area (Å²) < 4.78 is 26.9. The topological polar surface area (TPSA) is 66.4 Å². The molecule has 108 valence electrons. The fraction of sp³-hybridized carbons (Fsp3) is 0.538. The standard InChI is InChI=1S/C13H20ClNO3S/c1-3-13(2,10-16)15-19(17,18)12-6-4-11(5-7-12)8-9-14/h4-7,15-16H,3,8-10H2,1-2H3. The van der Waals surface area contributed by atoms with Gasteiger partial charge in [-0.25, -0.2) is 13.1 Å². The molecular formula is C13H20ClNO3S. The molecule has 1 aromatic carbocycles. The van der Waals surface area contributed by atoms with E-state index >= 15 is 0 Å². The third kappa shape index (κ3) is 4.45. The molecule has 0 saturated heterocycles. The summed E-state index contributed by atoms with van der Waals surface area (Å²) in [6, 6.07) is 6.60. The molecule has 0 spiro atoms. The first-order chi connectivity index (χ1) is 8.87. The Morgan fingerprint density at radius 2 is 1.89 bits per heavy atom. The predicted molar refractivity (Wildman–Crippen MR) is 77.0 cm³/mol. The van der Waals surface area contributed by atoms with Crippen molar-refractivity contribution in [2.75, 3.05) is 12.5 Å². The van der Waals surface area contributed by atoms with Gasteiger partial charge < -0.3 is 5.11 Å². The number of rotatable bonds is 7. The maximum Gasteiger partial charge on any atom is 0.241 e. The molecule has 0 heterocycles. The molecule has 0 radical (unpaired) electrons. The highest BCUT2D eigenvalue weighted by Crippen LogP contribution is 2.16. The SMILES string of the molecule is CCC(C)(CO)NS(=O)(=O)c1ccc(CCCl)cc1. The van der Waals surface area contributed by atoms with Crippen molar-refractivity contribution in [3.8, 4) is 0 Å². The number of aliphatic hydroxyl groups excluding tert-OH is 1. The van der Waals surface area contributed by atoms with Crippen LogP contribution in [0.15, 0.2) is 29.2 Å². The number of hydrogen-bond donors (Lipinski definition) is 2. The van der Waals surface area contributed by atoms with E-state index in [1.165, 1.54) is 0 Å². The van der Waals surface area contributed by atoms with Gasteiger partial charge in [-0.15, -0.1) is 11.6 Å². The molecule has 0 bridgehead atoms. The minimum absolute atomic E-state index is 0.193. The summed E-state index contributed by atoms with van der Waals surface area (Å²) in [5.74, 6) is 0.503. The summed E-state index contributed by atoms with van der Waals surface area (Å²) in [4.78, 5) is 0.193. The van der Waals surface area contributed by atoms with Gasteiger partial charge in [-0.2, -0.15) is 0 Å². The zero-order valence-corrected chi connectivity index (χ0v) is 12.8. The van der Waals surface area contributed by atoms with E-state index in [0.29, 0.717) is 18.7 Å². The van der Waals surface area contributed by atoms with E-state index in [4.69, 9.17) is 11.6 Å². The fourth-order valence-electron chi connectivity index (χ4n) is 1.54. The van der Waals surface area contributed by atoms with Gasteiger partial charge in [0.15, 0.2) is 0 Å². The molecule has 0 aromatic heterocycles. The van der Waals surface area contributed by atoms with Gasteiger partial charge >= 0.3 is 0 Å². The molecule has 0 amide bonds. The second-order valence-corrected chi connectivity index (χ2v) is 6.82. The first-order valence-corrected chi connectivity index (χ1v) is 8.18. The third-order valence-corrected chi connectivity index (χ3v) is 4.97. The van der Waals surface area contributed by atoms with E-state index < -0.39 is 15.6 Å². The molecule has 1 atom stereocenters. The first-order valence-electron chi connectivity index (χ1n) is 6.16. The van der Waals surface area contributed by atoms with E-state index in [1.54, 1.807) is 31.2 Å². The summed E-state index contributed by atoms with van der Waals surface area (Å²) in [6.07, 6.45) is 1.21. The third-order valence-electron chi connectivity index (χ3n) is 3.13. The van der Waals surface area contributed by atoms with Crippen LogP contribution in [0.3, 0.4) is 0 Å². The largest absolute Gasteiger partial charge is 0.394 e. The van der Waals surface area contributed by atoms with Crippen LogP contribution in [-0.2, 0) is 16.4 Å². The normalized spacial score (nSPS) is 15.2. The van der Waals surface area contributed by atoms with Crippen LogP contribution in [0.25, 0.3) is 0 Å². The van der Waals surface area contributed by atoms with E-state index in [0.717, 1.165) is 5.56 Å². The zero-order valence-electron chi connectivity index (χ0n) is 11.2.